The Hall–Kier alpha value is -4.46. The van der Waals surface area contributed by atoms with Crippen LogP contribution < -0.4 is 21.1 Å². The summed E-state index contributed by atoms with van der Waals surface area (Å²) >= 11 is 0. The molecular formula is C29H30N6O2. The lowest BCUT2D eigenvalue weighted by Crippen LogP contribution is -2.38. The van der Waals surface area contributed by atoms with Gasteiger partial charge in [-0.25, -0.2) is 9.97 Å². The van der Waals surface area contributed by atoms with E-state index in [9.17, 15) is 4.79 Å². The van der Waals surface area contributed by atoms with Gasteiger partial charge in [0.1, 0.15) is 11.6 Å². The first-order chi connectivity index (χ1) is 18.1. The van der Waals surface area contributed by atoms with E-state index in [0.29, 0.717) is 23.1 Å². The number of carbonyl (C=O) groups is 1. The fraction of sp³-hybridized carbons (Fsp3) is 0.241. The Morgan fingerprint density at radius 2 is 1.89 bits per heavy atom. The molecule has 1 fully saturated rings. The molecule has 1 aliphatic rings. The summed E-state index contributed by atoms with van der Waals surface area (Å²) in [6, 6.07) is 17.2. The summed E-state index contributed by atoms with van der Waals surface area (Å²) in [6.07, 6.45) is 9.06. The van der Waals surface area contributed by atoms with Crippen LogP contribution in [0.3, 0.4) is 0 Å². The second kappa shape index (κ2) is 11.1. The first-order valence-electron chi connectivity index (χ1n) is 12.5. The van der Waals surface area contributed by atoms with E-state index in [4.69, 9.17) is 20.4 Å². The Morgan fingerprint density at radius 3 is 2.68 bits per heavy atom. The van der Waals surface area contributed by atoms with Gasteiger partial charge in [0.05, 0.1) is 5.52 Å². The van der Waals surface area contributed by atoms with Gasteiger partial charge in [-0.2, -0.15) is 0 Å². The number of benzene rings is 2. The van der Waals surface area contributed by atoms with Crippen molar-refractivity contribution in [2.24, 2.45) is 5.73 Å². The number of rotatable bonds is 8. The zero-order chi connectivity index (χ0) is 25.6. The smallest absolute Gasteiger partial charge is 0.258 e. The number of hydrogen-bond acceptors (Lipinski definition) is 7. The van der Waals surface area contributed by atoms with Crippen LogP contribution in [0.25, 0.3) is 28.0 Å². The molecule has 0 aliphatic heterocycles. The molecule has 4 aromatic rings. The number of nitrogens with one attached hydrogen (secondary N) is 2. The van der Waals surface area contributed by atoms with Crippen LogP contribution >= 0.6 is 0 Å². The summed E-state index contributed by atoms with van der Waals surface area (Å²) in [5.41, 5.74) is 9.54. The topological polar surface area (TPSA) is 115 Å². The number of amides is 1. The molecule has 2 aromatic heterocycles. The molecule has 0 spiro atoms. The van der Waals surface area contributed by atoms with E-state index in [1.165, 1.54) is 6.42 Å². The fourth-order valence-corrected chi connectivity index (χ4v) is 4.58. The van der Waals surface area contributed by atoms with E-state index < -0.39 is 0 Å². The molecule has 2 heterocycles. The quantitative estimate of drug-likeness (QED) is 0.309. The van der Waals surface area contributed by atoms with Crippen molar-refractivity contribution in [3.05, 3.63) is 79.1 Å². The molecule has 0 unspecified atom stereocenters. The van der Waals surface area contributed by atoms with E-state index in [0.717, 1.165) is 53.4 Å². The monoisotopic (exact) mass is 494 g/mol. The molecule has 1 amide bonds. The highest BCUT2D eigenvalue weighted by Gasteiger charge is 2.17. The molecule has 1 aliphatic carbocycles. The molecule has 37 heavy (non-hydrogen) atoms. The maximum absolute atomic E-state index is 12.5. The molecule has 4 N–H and O–H groups in total. The molecular weight excluding hydrogens is 464 g/mol. The van der Waals surface area contributed by atoms with Crippen LogP contribution in [0, 0.1) is 0 Å². The lowest BCUT2D eigenvalue weighted by molar-refractivity contribution is -0.124. The predicted molar refractivity (Wildman–Crippen MR) is 146 cm³/mol. The SMILES string of the molecule is C=C(N)c1ccccc1Nc1nc(-c2cccnc2)nc2ccc(OCC(=O)NC3CCCCC3)cc12. The molecule has 0 atom stereocenters. The van der Waals surface area contributed by atoms with Crippen LogP contribution in [-0.2, 0) is 4.79 Å². The molecule has 5 rings (SSSR count). The number of anilines is 2. The van der Waals surface area contributed by atoms with Crippen LogP contribution in [-0.4, -0.2) is 33.5 Å². The van der Waals surface area contributed by atoms with Crippen molar-refractivity contribution in [1.82, 2.24) is 20.3 Å². The van der Waals surface area contributed by atoms with Crippen molar-refractivity contribution in [1.29, 1.82) is 0 Å². The molecule has 0 radical (unpaired) electrons. The number of ether oxygens (including phenoxy) is 1. The molecule has 0 bridgehead atoms. The zero-order valence-electron chi connectivity index (χ0n) is 20.6. The minimum Gasteiger partial charge on any atom is -0.484 e. The van der Waals surface area contributed by atoms with Gasteiger partial charge in [0.15, 0.2) is 12.4 Å². The Morgan fingerprint density at radius 1 is 1.05 bits per heavy atom. The maximum Gasteiger partial charge on any atom is 0.258 e. The number of fused-ring (bicyclic) bond motifs is 1. The third kappa shape index (κ3) is 5.86. The highest BCUT2D eigenvalue weighted by molar-refractivity contribution is 5.94. The average Bonchev–Trinajstić information content (AvgIpc) is 2.93. The highest BCUT2D eigenvalue weighted by atomic mass is 16.5. The summed E-state index contributed by atoms with van der Waals surface area (Å²) < 4.78 is 5.86. The van der Waals surface area contributed by atoms with Gasteiger partial charge in [-0.15, -0.1) is 0 Å². The minimum atomic E-state index is -0.107. The van der Waals surface area contributed by atoms with Gasteiger partial charge in [-0.1, -0.05) is 44.0 Å². The minimum absolute atomic E-state index is 0.0464. The van der Waals surface area contributed by atoms with Gasteiger partial charge in [0.25, 0.3) is 5.91 Å². The Bertz CT molecular complexity index is 1420. The summed E-state index contributed by atoms with van der Waals surface area (Å²) in [5, 5.41) is 7.24. The molecule has 8 nitrogen and oxygen atoms in total. The third-order valence-corrected chi connectivity index (χ3v) is 6.45. The van der Waals surface area contributed by atoms with Crippen molar-refractivity contribution in [2.75, 3.05) is 11.9 Å². The van der Waals surface area contributed by atoms with Gasteiger partial charge < -0.3 is 21.1 Å². The molecule has 188 valence electrons. The number of para-hydroxylation sites is 1. The van der Waals surface area contributed by atoms with Crippen molar-refractivity contribution in [3.8, 4) is 17.1 Å². The normalized spacial score (nSPS) is 13.7. The van der Waals surface area contributed by atoms with Crippen molar-refractivity contribution < 1.29 is 9.53 Å². The molecule has 0 saturated heterocycles. The fourth-order valence-electron chi connectivity index (χ4n) is 4.58. The Balaban J connectivity index is 1.45. The summed E-state index contributed by atoms with van der Waals surface area (Å²) in [7, 11) is 0. The largest absolute Gasteiger partial charge is 0.484 e. The lowest BCUT2D eigenvalue weighted by atomic mass is 9.95. The first-order valence-corrected chi connectivity index (χ1v) is 12.5. The highest BCUT2D eigenvalue weighted by Crippen LogP contribution is 2.32. The van der Waals surface area contributed by atoms with Gasteiger partial charge in [-0.05, 0) is 49.2 Å². The van der Waals surface area contributed by atoms with Crippen LogP contribution in [0.15, 0.2) is 73.6 Å². The van der Waals surface area contributed by atoms with Gasteiger partial charge in [0, 0.05) is 46.3 Å². The van der Waals surface area contributed by atoms with Crippen molar-refractivity contribution in [2.45, 2.75) is 38.1 Å². The van der Waals surface area contributed by atoms with Crippen LogP contribution in [0.1, 0.15) is 37.7 Å². The maximum atomic E-state index is 12.5. The average molecular weight is 495 g/mol. The molecule has 8 heteroatoms. The van der Waals surface area contributed by atoms with E-state index >= 15 is 0 Å². The van der Waals surface area contributed by atoms with Crippen molar-refractivity contribution >= 4 is 34.0 Å². The predicted octanol–water partition coefficient (Wildman–Crippen LogP) is 5.19. The number of nitrogens with two attached hydrogens (primary N) is 1. The summed E-state index contributed by atoms with van der Waals surface area (Å²) in [6.45, 7) is 3.84. The summed E-state index contributed by atoms with van der Waals surface area (Å²) in [4.78, 5) is 26.2. The number of nitrogens with zero attached hydrogens (tertiary/aromatic N) is 3. The second-order valence-corrected chi connectivity index (χ2v) is 9.20. The van der Waals surface area contributed by atoms with E-state index in [1.54, 1.807) is 12.4 Å². The second-order valence-electron chi connectivity index (χ2n) is 9.20. The van der Waals surface area contributed by atoms with Crippen LogP contribution in [0.2, 0.25) is 0 Å². The number of pyridine rings is 1. The van der Waals surface area contributed by atoms with Crippen LogP contribution in [0.4, 0.5) is 11.5 Å². The van der Waals surface area contributed by atoms with Gasteiger partial charge in [0.2, 0.25) is 0 Å². The van der Waals surface area contributed by atoms with E-state index in [2.05, 4.69) is 22.2 Å². The lowest BCUT2D eigenvalue weighted by Gasteiger charge is -2.22. The van der Waals surface area contributed by atoms with E-state index in [-0.39, 0.29) is 18.6 Å². The van der Waals surface area contributed by atoms with Crippen molar-refractivity contribution in [3.63, 3.8) is 0 Å². The number of hydrogen-bond donors (Lipinski definition) is 3. The third-order valence-electron chi connectivity index (χ3n) is 6.45. The number of carbonyl (C=O) groups excluding carboxylic acids is 1. The Labute approximate surface area is 216 Å². The summed E-state index contributed by atoms with van der Waals surface area (Å²) in [5.74, 6) is 1.56. The van der Waals surface area contributed by atoms with E-state index in [1.807, 2.05) is 54.6 Å². The van der Waals surface area contributed by atoms with Gasteiger partial charge in [-0.3, -0.25) is 9.78 Å². The molecule has 1 saturated carbocycles. The molecule has 2 aromatic carbocycles. The van der Waals surface area contributed by atoms with Gasteiger partial charge >= 0.3 is 0 Å². The van der Waals surface area contributed by atoms with Crippen LogP contribution in [0.5, 0.6) is 5.75 Å². The zero-order valence-corrected chi connectivity index (χ0v) is 20.6. The first kappa shape index (κ1) is 24.2. The Kier molecular flexibility index (Phi) is 7.26. The standard InChI is InChI=1S/C29H30N6O2/c1-19(30)23-11-5-6-12-25(23)34-29-24-16-22(37-18-27(36)32-21-9-3-2-4-10-21)13-14-26(24)33-28(35-29)20-8-7-15-31-17-20/h5-8,11-17,21H,1-4,9-10,18,30H2,(H,32,36)(H,33,34,35). The number of aromatic nitrogens is 3.